The molecule has 0 saturated carbocycles. The molecule has 2 aromatic carbocycles. The highest BCUT2D eigenvalue weighted by Gasteiger charge is 2.37. The molecule has 1 amide bonds. The van der Waals surface area contributed by atoms with Crippen LogP contribution in [0.15, 0.2) is 54.6 Å². The van der Waals surface area contributed by atoms with E-state index in [9.17, 15) is 4.79 Å². The Balaban J connectivity index is 1.89. The number of nitrogens with zero attached hydrogens (tertiary/aromatic N) is 1. The number of hydrogen-bond donors (Lipinski definition) is 1. The highest BCUT2D eigenvalue weighted by atomic mass is 16.5. The first-order valence-electron chi connectivity index (χ1n) is 12.0. The summed E-state index contributed by atoms with van der Waals surface area (Å²) in [6.07, 6.45) is 0.998. The van der Waals surface area contributed by atoms with Gasteiger partial charge < -0.3 is 24.8 Å². The van der Waals surface area contributed by atoms with Gasteiger partial charge in [0.25, 0.3) is 0 Å². The van der Waals surface area contributed by atoms with Crippen molar-refractivity contribution in [3.05, 3.63) is 60.2 Å². The van der Waals surface area contributed by atoms with Gasteiger partial charge in [-0.3, -0.25) is 4.79 Å². The first kappa shape index (κ1) is 25.1. The first-order valence-corrected chi connectivity index (χ1v) is 12.0. The monoisotopic (exact) mass is 454 g/mol. The Bertz CT molecular complexity index is 858. The van der Waals surface area contributed by atoms with Crippen LogP contribution in [0, 0.1) is 11.8 Å². The fraction of sp³-hybridized carbons (Fsp3) is 0.519. The molecule has 6 nitrogen and oxygen atoms in total. The number of ether oxygens (including phenoxy) is 3. The van der Waals surface area contributed by atoms with E-state index in [1.165, 1.54) is 0 Å². The van der Waals surface area contributed by atoms with Gasteiger partial charge in [0.1, 0.15) is 6.10 Å². The van der Waals surface area contributed by atoms with Crippen molar-refractivity contribution in [2.24, 2.45) is 17.6 Å². The summed E-state index contributed by atoms with van der Waals surface area (Å²) in [5.74, 6) is 2.14. The van der Waals surface area contributed by atoms with Gasteiger partial charge in [0.15, 0.2) is 11.5 Å². The molecule has 6 heteroatoms. The molecule has 0 radical (unpaired) electrons. The Morgan fingerprint density at radius 1 is 1.12 bits per heavy atom. The molecule has 33 heavy (non-hydrogen) atoms. The molecular weight excluding hydrogens is 416 g/mol. The van der Waals surface area contributed by atoms with Gasteiger partial charge in [-0.15, -0.1) is 0 Å². The lowest BCUT2D eigenvalue weighted by Gasteiger charge is -2.41. The molecule has 3 atom stereocenters. The van der Waals surface area contributed by atoms with Gasteiger partial charge in [-0.2, -0.15) is 0 Å². The average molecular weight is 455 g/mol. The molecule has 3 rings (SSSR count). The second-order valence-corrected chi connectivity index (χ2v) is 8.99. The molecule has 2 aromatic rings. The van der Waals surface area contributed by atoms with Gasteiger partial charge in [-0.1, -0.05) is 56.3 Å². The molecule has 2 N–H and O–H groups in total. The van der Waals surface area contributed by atoms with Crippen LogP contribution in [0.1, 0.15) is 45.3 Å². The molecule has 0 aromatic heterocycles. The van der Waals surface area contributed by atoms with Gasteiger partial charge >= 0.3 is 0 Å². The summed E-state index contributed by atoms with van der Waals surface area (Å²) in [6, 6.07) is 17.4. The average Bonchev–Trinajstić information content (AvgIpc) is 2.83. The summed E-state index contributed by atoms with van der Waals surface area (Å²) in [5.41, 5.74) is 6.99. The predicted octanol–water partition coefficient (Wildman–Crippen LogP) is 4.44. The van der Waals surface area contributed by atoms with Crippen molar-refractivity contribution in [1.82, 2.24) is 4.90 Å². The number of amides is 1. The molecule has 1 heterocycles. The number of benzene rings is 2. The molecule has 1 aliphatic heterocycles. The minimum Gasteiger partial charge on any atom is -0.490 e. The summed E-state index contributed by atoms with van der Waals surface area (Å²) in [6.45, 7) is 8.83. The molecule has 0 spiro atoms. The minimum absolute atomic E-state index is 0.113. The highest BCUT2D eigenvalue weighted by Crippen LogP contribution is 2.35. The molecule has 180 valence electrons. The Hall–Kier alpha value is -2.57. The molecule has 1 saturated heterocycles. The minimum atomic E-state index is -0.390. The van der Waals surface area contributed by atoms with E-state index in [4.69, 9.17) is 19.9 Å². The zero-order chi connectivity index (χ0) is 23.6. The number of carbonyl (C=O) groups is 1. The van der Waals surface area contributed by atoms with E-state index < -0.39 is 6.10 Å². The van der Waals surface area contributed by atoms with Crippen LogP contribution in [0.2, 0.25) is 0 Å². The van der Waals surface area contributed by atoms with Gasteiger partial charge in [-0.25, -0.2) is 0 Å². The van der Waals surface area contributed by atoms with Crippen LogP contribution in [0.4, 0.5) is 0 Å². The van der Waals surface area contributed by atoms with Crippen molar-refractivity contribution in [2.75, 3.05) is 32.9 Å². The number of rotatable bonds is 11. The SMILES string of the molecule is CCOc1ccccc1OC(c1ccccc1)C1COCCN1C(=O)C[C@@H](CN)CC(C)C. The van der Waals surface area contributed by atoms with Crippen molar-refractivity contribution in [2.45, 2.75) is 45.8 Å². The number of para-hydroxylation sites is 2. The summed E-state index contributed by atoms with van der Waals surface area (Å²) in [4.78, 5) is 15.4. The largest absolute Gasteiger partial charge is 0.490 e. The lowest BCUT2D eigenvalue weighted by Crippen LogP contribution is -2.53. The molecule has 0 bridgehead atoms. The fourth-order valence-electron chi connectivity index (χ4n) is 4.45. The smallest absolute Gasteiger partial charge is 0.223 e. The maximum atomic E-state index is 13.5. The Morgan fingerprint density at radius 2 is 1.82 bits per heavy atom. The highest BCUT2D eigenvalue weighted by molar-refractivity contribution is 5.77. The lowest BCUT2D eigenvalue weighted by molar-refractivity contribution is -0.145. The summed E-state index contributed by atoms with van der Waals surface area (Å²) >= 11 is 0. The Kier molecular flexibility index (Phi) is 9.58. The molecule has 1 fully saturated rings. The third-order valence-electron chi connectivity index (χ3n) is 5.97. The molecular formula is C27H38N2O4. The van der Waals surface area contributed by atoms with Crippen LogP contribution in [0.25, 0.3) is 0 Å². The van der Waals surface area contributed by atoms with E-state index in [1.807, 2.05) is 66.4 Å². The summed E-state index contributed by atoms with van der Waals surface area (Å²) < 4.78 is 18.2. The number of morpholine rings is 1. The maximum absolute atomic E-state index is 13.5. The Morgan fingerprint density at radius 3 is 2.48 bits per heavy atom. The zero-order valence-corrected chi connectivity index (χ0v) is 20.1. The van der Waals surface area contributed by atoms with Crippen molar-refractivity contribution in [3.8, 4) is 11.5 Å². The van der Waals surface area contributed by atoms with E-state index in [-0.39, 0.29) is 17.9 Å². The van der Waals surface area contributed by atoms with Crippen LogP contribution >= 0.6 is 0 Å². The zero-order valence-electron chi connectivity index (χ0n) is 20.1. The standard InChI is InChI=1S/C27H38N2O4/c1-4-32-24-12-8-9-13-25(24)33-27(22-10-6-5-7-11-22)23-19-31-15-14-29(23)26(30)17-21(18-28)16-20(2)3/h5-13,20-21,23,27H,4,14-19,28H2,1-3H3/t21-,23?,27?/m0/s1. The second kappa shape index (κ2) is 12.6. The maximum Gasteiger partial charge on any atom is 0.223 e. The third kappa shape index (κ3) is 6.95. The number of nitrogens with two attached hydrogens (primary N) is 1. The van der Waals surface area contributed by atoms with Crippen LogP contribution in [0.5, 0.6) is 11.5 Å². The first-order chi connectivity index (χ1) is 16.0. The van der Waals surface area contributed by atoms with Gasteiger partial charge in [-0.05, 0) is 49.4 Å². The van der Waals surface area contributed by atoms with Crippen LogP contribution in [0.3, 0.4) is 0 Å². The van der Waals surface area contributed by atoms with Crippen molar-refractivity contribution >= 4 is 5.91 Å². The molecule has 1 aliphatic rings. The van der Waals surface area contributed by atoms with Gasteiger partial charge in [0.05, 0.1) is 25.9 Å². The summed E-state index contributed by atoms with van der Waals surface area (Å²) in [7, 11) is 0. The quantitative estimate of drug-likeness (QED) is 0.543. The number of carbonyl (C=O) groups excluding carboxylic acids is 1. The van der Waals surface area contributed by atoms with Crippen molar-refractivity contribution in [1.29, 1.82) is 0 Å². The molecule has 0 aliphatic carbocycles. The Labute approximate surface area is 198 Å². The fourth-order valence-corrected chi connectivity index (χ4v) is 4.45. The topological polar surface area (TPSA) is 74.0 Å². The van der Waals surface area contributed by atoms with Crippen LogP contribution in [-0.4, -0.2) is 49.8 Å². The normalized spacial score (nSPS) is 18.1. The van der Waals surface area contributed by atoms with Crippen molar-refractivity contribution in [3.63, 3.8) is 0 Å². The number of hydrogen-bond acceptors (Lipinski definition) is 5. The second-order valence-electron chi connectivity index (χ2n) is 8.99. The predicted molar refractivity (Wildman–Crippen MR) is 130 cm³/mol. The van der Waals surface area contributed by atoms with Crippen molar-refractivity contribution < 1.29 is 19.0 Å². The van der Waals surface area contributed by atoms with Gasteiger partial charge in [0, 0.05) is 13.0 Å². The molecule has 2 unspecified atom stereocenters. The van der Waals surface area contributed by atoms with Crippen LogP contribution in [-0.2, 0) is 9.53 Å². The van der Waals surface area contributed by atoms with E-state index in [1.54, 1.807) is 0 Å². The third-order valence-corrected chi connectivity index (χ3v) is 5.97. The van der Waals surface area contributed by atoms with E-state index in [2.05, 4.69) is 13.8 Å². The lowest BCUT2D eigenvalue weighted by atomic mass is 9.92. The van der Waals surface area contributed by atoms with E-state index in [0.717, 1.165) is 12.0 Å². The van der Waals surface area contributed by atoms with Crippen LogP contribution < -0.4 is 15.2 Å². The van der Waals surface area contributed by atoms with E-state index in [0.29, 0.717) is 56.7 Å². The van der Waals surface area contributed by atoms with E-state index >= 15 is 0 Å². The van der Waals surface area contributed by atoms with Gasteiger partial charge in [0.2, 0.25) is 5.91 Å². The summed E-state index contributed by atoms with van der Waals surface area (Å²) in [5, 5.41) is 0.